The summed E-state index contributed by atoms with van der Waals surface area (Å²) < 4.78 is 24.4. The van der Waals surface area contributed by atoms with Crippen molar-refractivity contribution >= 4 is 9.84 Å². The molecule has 1 saturated carbocycles. The molecule has 0 N–H and O–H groups in total. The van der Waals surface area contributed by atoms with E-state index in [0.29, 0.717) is 16.6 Å². The quantitative estimate of drug-likeness (QED) is 0.826. The monoisotopic (exact) mass is 252 g/mol. The van der Waals surface area contributed by atoms with Crippen molar-refractivity contribution in [2.24, 2.45) is 5.92 Å². The maximum atomic E-state index is 12.2. The van der Waals surface area contributed by atoms with E-state index in [2.05, 4.69) is 0 Å². The summed E-state index contributed by atoms with van der Waals surface area (Å²) in [6, 6.07) is 7.20. The maximum absolute atomic E-state index is 12.2. The van der Waals surface area contributed by atoms with Crippen molar-refractivity contribution in [3.63, 3.8) is 0 Å². The molecule has 0 aromatic heterocycles. The van der Waals surface area contributed by atoms with Crippen molar-refractivity contribution in [2.75, 3.05) is 5.75 Å². The fourth-order valence-electron chi connectivity index (χ4n) is 2.51. The van der Waals surface area contributed by atoms with E-state index < -0.39 is 9.84 Å². The van der Waals surface area contributed by atoms with Crippen LogP contribution in [0.4, 0.5) is 0 Å². The van der Waals surface area contributed by atoms with E-state index in [1.54, 1.807) is 12.1 Å². The van der Waals surface area contributed by atoms with Gasteiger partial charge in [-0.2, -0.15) is 0 Å². The molecule has 1 fully saturated rings. The van der Waals surface area contributed by atoms with E-state index in [1.807, 2.05) is 19.1 Å². The molecule has 17 heavy (non-hydrogen) atoms. The SMILES string of the molecule is Cc1ccc(S(=O)(=O)CC2CCCCC2)cc1. The Morgan fingerprint density at radius 2 is 1.65 bits per heavy atom. The van der Waals surface area contributed by atoms with Gasteiger partial charge in [0.1, 0.15) is 0 Å². The second-order valence-electron chi connectivity index (χ2n) is 5.10. The van der Waals surface area contributed by atoms with Crippen molar-refractivity contribution in [3.8, 4) is 0 Å². The fraction of sp³-hybridized carbons (Fsp3) is 0.571. The molecule has 2 rings (SSSR count). The molecule has 0 saturated heterocycles. The normalized spacial score (nSPS) is 18.2. The van der Waals surface area contributed by atoms with Crippen molar-refractivity contribution in [1.29, 1.82) is 0 Å². The highest BCUT2D eigenvalue weighted by molar-refractivity contribution is 7.91. The van der Waals surface area contributed by atoms with Crippen LogP contribution < -0.4 is 0 Å². The Morgan fingerprint density at radius 3 is 2.24 bits per heavy atom. The van der Waals surface area contributed by atoms with E-state index in [9.17, 15) is 8.42 Å². The highest BCUT2D eigenvalue weighted by Gasteiger charge is 2.22. The van der Waals surface area contributed by atoms with Gasteiger partial charge in [0, 0.05) is 0 Å². The highest BCUT2D eigenvalue weighted by Crippen LogP contribution is 2.27. The summed E-state index contributed by atoms with van der Waals surface area (Å²) in [5.41, 5.74) is 1.10. The van der Waals surface area contributed by atoms with E-state index in [-0.39, 0.29) is 0 Å². The predicted molar refractivity (Wildman–Crippen MR) is 69.8 cm³/mol. The Morgan fingerprint density at radius 1 is 1.06 bits per heavy atom. The lowest BCUT2D eigenvalue weighted by atomic mass is 9.91. The summed E-state index contributed by atoms with van der Waals surface area (Å²) in [6.07, 6.45) is 5.79. The maximum Gasteiger partial charge on any atom is 0.178 e. The molecule has 94 valence electrons. The molecule has 1 aliphatic carbocycles. The third-order valence-electron chi connectivity index (χ3n) is 3.56. The summed E-state index contributed by atoms with van der Waals surface area (Å²) >= 11 is 0. The van der Waals surface area contributed by atoms with Crippen LogP contribution in [0.2, 0.25) is 0 Å². The van der Waals surface area contributed by atoms with Gasteiger partial charge in [-0.1, -0.05) is 37.0 Å². The number of benzene rings is 1. The van der Waals surface area contributed by atoms with Gasteiger partial charge < -0.3 is 0 Å². The van der Waals surface area contributed by atoms with Gasteiger partial charge in [0.05, 0.1) is 10.6 Å². The average Bonchev–Trinajstić information content (AvgIpc) is 2.30. The van der Waals surface area contributed by atoms with Crippen LogP contribution in [0.1, 0.15) is 37.7 Å². The standard InChI is InChI=1S/C14H20O2S/c1-12-7-9-14(10-8-12)17(15,16)11-13-5-3-2-4-6-13/h7-10,13H,2-6,11H2,1H3. The van der Waals surface area contributed by atoms with E-state index >= 15 is 0 Å². The zero-order chi connectivity index (χ0) is 12.3. The molecule has 0 radical (unpaired) electrons. The second-order valence-corrected chi connectivity index (χ2v) is 7.13. The molecule has 0 heterocycles. The molecule has 1 aromatic rings. The van der Waals surface area contributed by atoms with Crippen LogP contribution in [0.25, 0.3) is 0 Å². The molecule has 0 atom stereocenters. The largest absolute Gasteiger partial charge is 0.224 e. The van der Waals surface area contributed by atoms with Crippen molar-refractivity contribution in [2.45, 2.75) is 43.9 Å². The van der Waals surface area contributed by atoms with Gasteiger partial charge in [-0.3, -0.25) is 0 Å². The highest BCUT2D eigenvalue weighted by atomic mass is 32.2. The third kappa shape index (κ3) is 3.32. The van der Waals surface area contributed by atoms with Crippen LogP contribution in [0.15, 0.2) is 29.2 Å². The minimum absolute atomic E-state index is 0.329. The molecule has 0 unspecified atom stereocenters. The minimum Gasteiger partial charge on any atom is -0.224 e. The van der Waals surface area contributed by atoms with Crippen LogP contribution in [0.3, 0.4) is 0 Å². The summed E-state index contributed by atoms with van der Waals surface area (Å²) in [5.74, 6) is 0.700. The number of aryl methyl sites for hydroxylation is 1. The van der Waals surface area contributed by atoms with Crippen LogP contribution in [-0.2, 0) is 9.84 Å². The first kappa shape index (κ1) is 12.6. The van der Waals surface area contributed by atoms with E-state index in [4.69, 9.17) is 0 Å². The Hall–Kier alpha value is -0.830. The molecule has 0 spiro atoms. The molecule has 0 amide bonds. The number of sulfone groups is 1. The first-order valence-electron chi connectivity index (χ1n) is 6.37. The van der Waals surface area contributed by atoms with Crippen LogP contribution >= 0.6 is 0 Å². The van der Waals surface area contributed by atoms with Crippen molar-refractivity contribution < 1.29 is 8.42 Å². The molecule has 0 bridgehead atoms. The molecule has 2 nitrogen and oxygen atoms in total. The van der Waals surface area contributed by atoms with Gasteiger partial charge in [0.25, 0.3) is 0 Å². The summed E-state index contributed by atoms with van der Waals surface area (Å²) in [7, 11) is -3.08. The van der Waals surface area contributed by atoms with Gasteiger partial charge >= 0.3 is 0 Å². The van der Waals surface area contributed by atoms with Gasteiger partial charge in [-0.05, 0) is 37.8 Å². The average molecular weight is 252 g/mol. The molecule has 3 heteroatoms. The summed E-state index contributed by atoms with van der Waals surface area (Å²) in [4.78, 5) is 0.480. The van der Waals surface area contributed by atoms with Gasteiger partial charge in [0.15, 0.2) is 9.84 Å². The number of hydrogen-bond acceptors (Lipinski definition) is 2. The zero-order valence-electron chi connectivity index (χ0n) is 10.4. The molecular formula is C14H20O2S. The molecule has 1 aromatic carbocycles. The van der Waals surface area contributed by atoms with Crippen LogP contribution in [-0.4, -0.2) is 14.2 Å². The lowest BCUT2D eigenvalue weighted by molar-refractivity contribution is 0.385. The predicted octanol–water partition coefficient (Wildman–Crippen LogP) is 3.35. The Kier molecular flexibility index (Phi) is 3.87. The van der Waals surface area contributed by atoms with Crippen molar-refractivity contribution in [1.82, 2.24) is 0 Å². The molecular weight excluding hydrogens is 232 g/mol. The summed E-state index contributed by atoms with van der Waals surface area (Å²) in [6.45, 7) is 1.97. The number of hydrogen-bond donors (Lipinski definition) is 0. The van der Waals surface area contributed by atoms with Gasteiger partial charge in [0.2, 0.25) is 0 Å². The van der Waals surface area contributed by atoms with Crippen LogP contribution in [0.5, 0.6) is 0 Å². The first-order valence-corrected chi connectivity index (χ1v) is 8.02. The second kappa shape index (κ2) is 5.21. The Labute approximate surface area is 104 Å². The first-order chi connectivity index (χ1) is 8.08. The zero-order valence-corrected chi connectivity index (χ0v) is 11.2. The molecule has 1 aliphatic rings. The Bertz CT molecular complexity index is 454. The van der Waals surface area contributed by atoms with Crippen LogP contribution in [0, 0.1) is 12.8 Å². The lowest BCUT2D eigenvalue weighted by Gasteiger charge is -2.21. The lowest BCUT2D eigenvalue weighted by Crippen LogP contribution is -2.18. The number of rotatable bonds is 3. The molecule has 0 aliphatic heterocycles. The van der Waals surface area contributed by atoms with E-state index in [0.717, 1.165) is 18.4 Å². The van der Waals surface area contributed by atoms with Gasteiger partial charge in [-0.15, -0.1) is 0 Å². The Balaban J connectivity index is 2.10. The topological polar surface area (TPSA) is 34.1 Å². The van der Waals surface area contributed by atoms with E-state index in [1.165, 1.54) is 19.3 Å². The summed E-state index contributed by atoms with van der Waals surface area (Å²) in [5, 5.41) is 0. The smallest absolute Gasteiger partial charge is 0.178 e. The minimum atomic E-state index is -3.08. The van der Waals surface area contributed by atoms with Crippen molar-refractivity contribution in [3.05, 3.63) is 29.8 Å². The fourth-order valence-corrected chi connectivity index (χ4v) is 4.20. The van der Waals surface area contributed by atoms with Gasteiger partial charge in [-0.25, -0.2) is 8.42 Å². The third-order valence-corrected chi connectivity index (χ3v) is 5.46.